The predicted octanol–water partition coefficient (Wildman–Crippen LogP) is 1.60. The Morgan fingerprint density at radius 1 is 1.20 bits per heavy atom. The van der Waals surface area contributed by atoms with Crippen molar-refractivity contribution in [3.05, 3.63) is 48.0 Å². The molecule has 0 aliphatic rings. The van der Waals surface area contributed by atoms with Crippen LogP contribution in [-0.4, -0.2) is 23.0 Å². The van der Waals surface area contributed by atoms with Crippen molar-refractivity contribution in [1.29, 1.82) is 0 Å². The van der Waals surface area contributed by atoms with Gasteiger partial charge in [0, 0.05) is 11.6 Å². The van der Waals surface area contributed by atoms with Gasteiger partial charge in [0.1, 0.15) is 11.6 Å². The second kappa shape index (κ2) is 4.70. The van der Waals surface area contributed by atoms with Crippen LogP contribution in [0.15, 0.2) is 42.5 Å². The SMILES string of the molecule is COc1ccc2nc(-c3ccc(C(=O)[O-])cc3)[nH]c2c1. The maximum Gasteiger partial charge on any atom is 0.138 e. The summed E-state index contributed by atoms with van der Waals surface area (Å²) in [6, 6.07) is 12.0. The van der Waals surface area contributed by atoms with Crippen molar-refractivity contribution in [2.75, 3.05) is 7.11 Å². The van der Waals surface area contributed by atoms with Crippen LogP contribution in [0.2, 0.25) is 0 Å². The Bertz CT molecular complexity index is 775. The normalized spacial score (nSPS) is 10.7. The van der Waals surface area contributed by atoms with Crippen LogP contribution >= 0.6 is 0 Å². The summed E-state index contributed by atoms with van der Waals surface area (Å²) in [6.07, 6.45) is 0. The fraction of sp³-hybridized carbons (Fsp3) is 0.0667. The van der Waals surface area contributed by atoms with E-state index in [1.54, 1.807) is 19.2 Å². The molecule has 0 spiro atoms. The van der Waals surface area contributed by atoms with Gasteiger partial charge in [-0.05, 0) is 17.7 Å². The minimum Gasteiger partial charge on any atom is -0.545 e. The van der Waals surface area contributed by atoms with Crippen molar-refractivity contribution < 1.29 is 14.6 Å². The first-order valence-electron chi connectivity index (χ1n) is 6.03. The highest BCUT2D eigenvalue weighted by molar-refractivity contribution is 5.87. The lowest BCUT2D eigenvalue weighted by atomic mass is 10.1. The number of imidazole rings is 1. The zero-order chi connectivity index (χ0) is 14.1. The largest absolute Gasteiger partial charge is 0.545 e. The van der Waals surface area contributed by atoms with Gasteiger partial charge in [0.15, 0.2) is 0 Å². The first kappa shape index (κ1) is 12.2. The predicted molar refractivity (Wildman–Crippen MR) is 72.4 cm³/mol. The number of nitrogens with one attached hydrogen (secondary N) is 1. The highest BCUT2D eigenvalue weighted by atomic mass is 16.5. The molecule has 1 heterocycles. The molecule has 3 aromatic rings. The number of carbonyl (C=O) groups excluding carboxylic acids is 1. The van der Waals surface area contributed by atoms with E-state index in [0.717, 1.165) is 22.3 Å². The number of fused-ring (bicyclic) bond motifs is 1. The number of H-pyrrole nitrogens is 1. The van der Waals surface area contributed by atoms with Gasteiger partial charge in [-0.3, -0.25) is 0 Å². The molecule has 0 unspecified atom stereocenters. The highest BCUT2D eigenvalue weighted by Crippen LogP contribution is 2.23. The quantitative estimate of drug-likeness (QED) is 0.781. The molecule has 100 valence electrons. The van der Waals surface area contributed by atoms with Gasteiger partial charge in [-0.25, -0.2) is 4.98 Å². The molecule has 5 heteroatoms. The molecule has 0 saturated heterocycles. The first-order chi connectivity index (χ1) is 9.67. The van der Waals surface area contributed by atoms with E-state index in [0.29, 0.717) is 5.82 Å². The van der Waals surface area contributed by atoms with Gasteiger partial charge in [-0.2, -0.15) is 0 Å². The van der Waals surface area contributed by atoms with E-state index < -0.39 is 5.97 Å². The smallest absolute Gasteiger partial charge is 0.138 e. The van der Waals surface area contributed by atoms with Gasteiger partial charge >= 0.3 is 0 Å². The van der Waals surface area contributed by atoms with Gasteiger partial charge in [-0.1, -0.05) is 24.3 Å². The van der Waals surface area contributed by atoms with E-state index in [2.05, 4.69) is 9.97 Å². The summed E-state index contributed by atoms with van der Waals surface area (Å²) in [5.41, 5.74) is 2.64. The van der Waals surface area contributed by atoms with Crippen LogP contribution in [-0.2, 0) is 0 Å². The molecule has 0 aliphatic carbocycles. The molecular weight excluding hydrogens is 256 g/mol. The van der Waals surface area contributed by atoms with Crippen LogP contribution in [0.5, 0.6) is 5.75 Å². The minimum atomic E-state index is -1.19. The third kappa shape index (κ3) is 2.09. The number of hydrogen-bond acceptors (Lipinski definition) is 4. The lowest BCUT2D eigenvalue weighted by molar-refractivity contribution is -0.255. The monoisotopic (exact) mass is 267 g/mol. The fourth-order valence-electron chi connectivity index (χ4n) is 2.02. The Balaban J connectivity index is 2.03. The van der Waals surface area contributed by atoms with Crippen molar-refractivity contribution in [3.8, 4) is 17.1 Å². The van der Waals surface area contributed by atoms with E-state index in [4.69, 9.17) is 4.74 Å². The molecule has 0 radical (unpaired) electrons. The van der Waals surface area contributed by atoms with E-state index in [1.807, 2.05) is 18.2 Å². The van der Waals surface area contributed by atoms with Gasteiger partial charge in [0.25, 0.3) is 0 Å². The number of ether oxygens (including phenoxy) is 1. The average Bonchev–Trinajstić information content (AvgIpc) is 2.90. The summed E-state index contributed by atoms with van der Waals surface area (Å²) in [5.74, 6) is 0.240. The number of benzene rings is 2. The molecular formula is C15H11N2O3-. The maximum atomic E-state index is 10.7. The molecule has 0 bridgehead atoms. The summed E-state index contributed by atoms with van der Waals surface area (Å²) < 4.78 is 5.16. The molecule has 1 N–H and O–H groups in total. The Morgan fingerprint density at radius 3 is 2.60 bits per heavy atom. The van der Waals surface area contributed by atoms with Crippen molar-refractivity contribution in [2.24, 2.45) is 0 Å². The van der Waals surface area contributed by atoms with Crippen LogP contribution < -0.4 is 9.84 Å². The molecule has 2 aromatic carbocycles. The summed E-state index contributed by atoms with van der Waals surface area (Å²) in [7, 11) is 1.61. The molecule has 20 heavy (non-hydrogen) atoms. The Labute approximate surface area is 114 Å². The first-order valence-corrected chi connectivity index (χ1v) is 6.03. The van der Waals surface area contributed by atoms with Crippen LogP contribution in [0, 0.1) is 0 Å². The number of aromatic carboxylic acids is 1. The third-order valence-corrected chi connectivity index (χ3v) is 3.08. The number of carboxylic acids is 1. The lowest BCUT2D eigenvalue weighted by Crippen LogP contribution is -2.21. The average molecular weight is 267 g/mol. The second-order valence-electron chi connectivity index (χ2n) is 4.33. The van der Waals surface area contributed by atoms with Crippen LogP contribution in [0.25, 0.3) is 22.4 Å². The van der Waals surface area contributed by atoms with E-state index in [-0.39, 0.29) is 5.56 Å². The Morgan fingerprint density at radius 2 is 1.95 bits per heavy atom. The molecule has 0 saturated carbocycles. The molecule has 0 fully saturated rings. The maximum absolute atomic E-state index is 10.7. The van der Waals surface area contributed by atoms with E-state index >= 15 is 0 Å². The number of nitrogens with zero attached hydrogens (tertiary/aromatic N) is 1. The Hall–Kier alpha value is -2.82. The zero-order valence-electron chi connectivity index (χ0n) is 10.7. The summed E-state index contributed by atoms with van der Waals surface area (Å²) in [4.78, 5) is 18.4. The van der Waals surface area contributed by atoms with Crippen molar-refractivity contribution in [2.45, 2.75) is 0 Å². The summed E-state index contributed by atoms with van der Waals surface area (Å²) in [5, 5.41) is 10.7. The van der Waals surface area contributed by atoms with Gasteiger partial charge in [-0.15, -0.1) is 0 Å². The third-order valence-electron chi connectivity index (χ3n) is 3.08. The number of hydrogen-bond donors (Lipinski definition) is 1. The van der Waals surface area contributed by atoms with Crippen LogP contribution in [0.4, 0.5) is 0 Å². The summed E-state index contributed by atoms with van der Waals surface area (Å²) >= 11 is 0. The number of aromatic amines is 1. The molecule has 0 amide bonds. The standard InChI is InChI=1S/C15H12N2O3/c1-20-11-6-7-12-13(8-11)17-14(16-12)9-2-4-10(5-3-9)15(18)19/h2-8H,1H3,(H,16,17)(H,18,19)/p-1. The van der Waals surface area contributed by atoms with Gasteiger partial charge < -0.3 is 19.6 Å². The van der Waals surface area contributed by atoms with Crippen molar-refractivity contribution in [1.82, 2.24) is 9.97 Å². The van der Waals surface area contributed by atoms with Crippen LogP contribution in [0.1, 0.15) is 10.4 Å². The minimum absolute atomic E-state index is 0.145. The van der Waals surface area contributed by atoms with E-state index in [9.17, 15) is 9.90 Å². The van der Waals surface area contributed by atoms with Gasteiger partial charge in [0.2, 0.25) is 0 Å². The molecule has 0 aliphatic heterocycles. The highest BCUT2D eigenvalue weighted by Gasteiger charge is 2.06. The number of methoxy groups -OCH3 is 1. The second-order valence-corrected chi connectivity index (χ2v) is 4.33. The topological polar surface area (TPSA) is 78.0 Å². The number of rotatable bonds is 3. The van der Waals surface area contributed by atoms with Crippen LogP contribution in [0.3, 0.4) is 0 Å². The van der Waals surface area contributed by atoms with Crippen molar-refractivity contribution in [3.63, 3.8) is 0 Å². The summed E-state index contributed by atoms with van der Waals surface area (Å²) in [6.45, 7) is 0. The lowest BCUT2D eigenvalue weighted by Gasteiger charge is -2.02. The number of carbonyl (C=O) groups is 1. The molecule has 1 aromatic heterocycles. The molecule has 0 atom stereocenters. The Kier molecular flexibility index (Phi) is 2.87. The number of aromatic nitrogens is 2. The van der Waals surface area contributed by atoms with Gasteiger partial charge in [0.05, 0.1) is 24.1 Å². The van der Waals surface area contributed by atoms with E-state index in [1.165, 1.54) is 12.1 Å². The fourth-order valence-corrected chi connectivity index (χ4v) is 2.02. The van der Waals surface area contributed by atoms with Crippen molar-refractivity contribution >= 4 is 17.0 Å². The zero-order valence-corrected chi connectivity index (χ0v) is 10.7. The number of carboxylic acid groups (broad SMARTS) is 1. The molecule has 3 rings (SSSR count). The molecule has 5 nitrogen and oxygen atoms in total.